The Morgan fingerprint density at radius 1 is 1.25 bits per heavy atom. The van der Waals surface area contributed by atoms with Crippen LogP contribution in [0.4, 0.5) is 4.39 Å². The molecular weight excluding hydrogens is 203 g/mol. The molecule has 1 heterocycles. The molecule has 1 rings (SSSR count). The van der Waals surface area contributed by atoms with Crippen molar-refractivity contribution in [2.45, 2.75) is 46.2 Å². The Morgan fingerprint density at radius 2 is 1.94 bits per heavy atom. The summed E-state index contributed by atoms with van der Waals surface area (Å²) in [6, 6.07) is 2.10. The van der Waals surface area contributed by atoms with Crippen molar-refractivity contribution in [3.05, 3.63) is 29.8 Å². The van der Waals surface area contributed by atoms with Crippen molar-refractivity contribution < 1.29 is 4.39 Å². The Labute approximate surface area is 97.3 Å². The molecule has 1 aromatic heterocycles. The van der Waals surface area contributed by atoms with Gasteiger partial charge in [0.05, 0.1) is 6.20 Å². The summed E-state index contributed by atoms with van der Waals surface area (Å²) in [4.78, 5) is 3.86. The van der Waals surface area contributed by atoms with E-state index in [1.807, 2.05) is 6.92 Å². The molecule has 0 fully saturated rings. The van der Waals surface area contributed by atoms with E-state index in [-0.39, 0.29) is 11.9 Å². The minimum absolute atomic E-state index is 0.136. The van der Waals surface area contributed by atoms with Gasteiger partial charge in [-0.05, 0) is 37.8 Å². The van der Waals surface area contributed by atoms with Crippen molar-refractivity contribution in [3.63, 3.8) is 0 Å². The van der Waals surface area contributed by atoms with Crippen molar-refractivity contribution in [2.75, 3.05) is 0 Å². The number of rotatable bonds is 5. The first kappa shape index (κ1) is 13.1. The van der Waals surface area contributed by atoms with Crippen molar-refractivity contribution in [3.8, 4) is 0 Å². The second kappa shape index (κ2) is 5.94. The standard InChI is InChI=1S/C13H21FN2/c1-9(2)5-10(3)16-11(4)12-6-13(14)8-15-7-12/h6-11,16H,5H2,1-4H3. The summed E-state index contributed by atoms with van der Waals surface area (Å²) >= 11 is 0. The summed E-state index contributed by atoms with van der Waals surface area (Å²) < 4.78 is 13.0. The van der Waals surface area contributed by atoms with Crippen molar-refractivity contribution >= 4 is 0 Å². The van der Waals surface area contributed by atoms with E-state index in [9.17, 15) is 4.39 Å². The van der Waals surface area contributed by atoms with Gasteiger partial charge < -0.3 is 5.32 Å². The highest BCUT2D eigenvalue weighted by Crippen LogP contribution is 2.14. The Kier molecular flexibility index (Phi) is 4.87. The lowest BCUT2D eigenvalue weighted by molar-refractivity contribution is 0.405. The molecule has 2 nitrogen and oxygen atoms in total. The minimum Gasteiger partial charge on any atom is -0.308 e. The second-order valence-corrected chi connectivity index (χ2v) is 4.86. The number of pyridine rings is 1. The molecule has 1 N–H and O–H groups in total. The van der Waals surface area contributed by atoms with Crippen LogP contribution in [0.3, 0.4) is 0 Å². The average molecular weight is 224 g/mol. The molecule has 0 radical (unpaired) electrons. The van der Waals surface area contributed by atoms with Crippen LogP contribution in [0.1, 0.15) is 45.7 Å². The highest BCUT2D eigenvalue weighted by atomic mass is 19.1. The molecule has 0 aliphatic heterocycles. The SMILES string of the molecule is CC(C)CC(C)NC(C)c1cncc(F)c1. The largest absolute Gasteiger partial charge is 0.308 e. The number of nitrogens with zero attached hydrogens (tertiary/aromatic N) is 1. The predicted molar refractivity (Wildman–Crippen MR) is 64.7 cm³/mol. The Bertz CT molecular complexity index is 325. The van der Waals surface area contributed by atoms with Gasteiger partial charge in [0, 0.05) is 18.3 Å². The molecule has 0 saturated heterocycles. The van der Waals surface area contributed by atoms with E-state index in [2.05, 4.69) is 31.1 Å². The summed E-state index contributed by atoms with van der Waals surface area (Å²) in [6.07, 6.45) is 4.06. The molecule has 0 aliphatic carbocycles. The van der Waals surface area contributed by atoms with Gasteiger partial charge in [-0.15, -0.1) is 0 Å². The lowest BCUT2D eigenvalue weighted by Crippen LogP contribution is -2.30. The third kappa shape index (κ3) is 4.27. The molecule has 0 spiro atoms. The first-order valence-corrected chi connectivity index (χ1v) is 5.85. The van der Waals surface area contributed by atoms with Crippen molar-refractivity contribution in [1.82, 2.24) is 10.3 Å². The average Bonchev–Trinajstić information content (AvgIpc) is 2.16. The molecule has 90 valence electrons. The monoisotopic (exact) mass is 224 g/mol. The topological polar surface area (TPSA) is 24.9 Å². The van der Waals surface area contributed by atoms with Gasteiger partial charge in [-0.25, -0.2) is 4.39 Å². The van der Waals surface area contributed by atoms with Crippen LogP contribution in [0.25, 0.3) is 0 Å². The van der Waals surface area contributed by atoms with Gasteiger partial charge in [-0.3, -0.25) is 4.98 Å². The third-order valence-corrected chi connectivity index (χ3v) is 2.59. The predicted octanol–water partition coefficient (Wildman–Crippen LogP) is 3.31. The first-order chi connectivity index (χ1) is 7.49. The summed E-state index contributed by atoms with van der Waals surface area (Å²) in [5.74, 6) is 0.392. The molecule has 0 aliphatic rings. The Morgan fingerprint density at radius 3 is 2.50 bits per heavy atom. The van der Waals surface area contributed by atoms with Gasteiger partial charge in [0.1, 0.15) is 5.82 Å². The highest BCUT2D eigenvalue weighted by Gasteiger charge is 2.11. The fraction of sp³-hybridized carbons (Fsp3) is 0.615. The number of halogens is 1. The quantitative estimate of drug-likeness (QED) is 0.830. The van der Waals surface area contributed by atoms with E-state index in [1.165, 1.54) is 12.3 Å². The molecule has 0 aromatic carbocycles. The second-order valence-electron chi connectivity index (χ2n) is 4.86. The van der Waals surface area contributed by atoms with E-state index in [0.717, 1.165) is 12.0 Å². The number of nitrogens with one attached hydrogen (secondary N) is 1. The highest BCUT2D eigenvalue weighted by molar-refractivity contribution is 5.14. The molecule has 0 amide bonds. The van der Waals surface area contributed by atoms with E-state index >= 15 is 0 Å². The van der Waals surface area contributed by atoms with Crippen LogP contribution in [0, 0.1) is 11.7 Å². The Hall–Kier alpha value is -0.960. The summed E-state index contributed by atoms with van der Waals surface area (Å²) in [5.41, 5.74) is 0.899. The summed E-state index contributed by atoms with van der Waals surface area (Å²) in [5, 5.41) is 3.45. The van der Waals surface area contributed by atoms with Crippen molar-refractivity contribution in [1.29, 1.82) is 0 Å². The van der Waals surface area contributed by atoms with E-state index in [1.54, 1.807) is 6.20 Å². The molecule has 1 aromatic rings. The van der Waals surface area contributed by atoms with Crippen LogP contribution in [0.5, 0.6) is 0 Å². The van der Waals surface area contributed by atoms with Gasteiger partial charge in [-0.2, -0.15) is 0 Å². The minimum atomic E-state index is -0.275. The molecule has 0 bridgehead atoms. The van der Waals surface area contributed by atoms with Crippen LogP contribution < -0.4 is 5.32 Å². The van der Waals surface area contributed by atoms with E-state index < -0.39 is 0 Å². The van der Waals surface area contributed by atoms with E-state index in [0.29, 0.717) is 12.0 Å². The fourth-order valence-electron chi connectivity index (χ4n) is 1.96. The smallest absolute Gasteiger partial charge is 0.141 e. The third-order valence-electron chi connectivity index (χ3n) is 2.59. The zero-order valence-electron chi connectivity index (χ0n) is 10.5. The van der Waals surface area contributed by atoms with Crippen LogP contribution in [0.2, 0.25) is 0 Å². The lowest BCUT2D eigenvalue weighted by Gasteiger charge is -2.21. The fourth-order valence-corrected chi connectivity index (χ4v) is 1.96. The number of hydrogen-bond donors (Lipinski definition) is 1. The van der Waals surface area contributed by atoms with E-state index in [4.69, 9.17) is 0 Å². The maximum atomic E-state index is 13.0. The number of aromatic nitrogens is 1. The van der Waals surface area contributed by atoms with Crippen LogP contribution in [-0.4, -0.2) is 11.0 Å². The van der Waals surface area contributed by atoms with Gasteiger partial charge in [0.25, 0.3) is 0 Å². The van der Waals surface area contributed by atoms with Gasteiger partial charge in [0.15, 0.2) is 0 Å². The van der Waals surface area contributed by atoms with Crippen LogP contribution in [-0.2, 0) is 0 Å². The first-order valence-electron chi connectivity index (χ1n) is 5.85. The normalized spacial score (nSPS) is 15.1. The van der Waals surface area contributed by atoms with Crippen molar-refractivity contribution in [2.24, 2.45) is 5.92 Å². The van der Waals surface area contributed by atoms with Crippen LogP contribution >= 0.6 is 0 Å². The Balaban J connectivity index is 2.55. The maximum absolute atomic E-state index is 13.0. The molecule has 2 atom stereocenters. The molecule has 2 unspecified atom stereocenters. The number of hydrogen-bond acceptors (Lipinski definition) is 2. The zero-order chi connectivity index (χ0) is 12.1. The van der Waals surface area contributed by atoms with Gasteiger partial charge in [-0.1, -0.05) is 13.8 Å². The molecule has 3 heteroatoms. The zero-order valence-corrected chi connectivity index (χ0v) is 10.5. The molecular formula is C13H21FN2. The maximum Gasteiger partial charge on any atom is 0.141 e. The summed E-state index contributed by atoms with van der Waals surface area (Å²) in [6.45, 7) is 8.59. The lowest BCUT2D eigenvalue weighted by atomic mass is 10.0. The van der Waals surface area contributed by atoms with Crippen LogP contribution in [0.15, 0.2) is 18.5 Å². The molecule has 0 saturated carbocycles. The van der Waals surface area contributed by atoms with Gasteiger partial charge in [0.2, 0.25) is 0 Å². The summed E-state index contributed by atoms with van der Waals surface area (Å²) in [7, 11) is 0. The van der Waals surface area contributed by atoms with Gasteiger partial charge >= 0.3 is 0 Å². The molecule has 16 heavy (non-hydrogen) atoms.